The number of fused-ring (bicyclic) bond motifs is 3. The Labute approximate surface area is 101 Å². The summed E-state index contributed by atoms with van der Waals surface area (Å²) < 4.78 is 3.15. The number of hydrogen-bond acceptors (Lipinski definition) is 2. The molecule has 80 valence electrons. The molecule has 2 heterocycles. The van der Waals surface area contributed by atoms with Crippen molar-refractivity contribution in [2.24, 2.45) is 7.05 Å². The van der Waals surface area contributed by atoms with Gasteiger partial charge >= 0.3 is 0 Å². The normalized spacial score (nSPS) is 11.4. The molecule has 0 aliphatic heterocycles. The van der Waals surface area contributed by atoms with Gasteiger partial charge in [0.1, 0.15) is 5.82 Å². The molecule has 0 saturated heterocycles. The lowest BCUT2D eigenvalue weighted by Crippen LogP contribution is -1.95. The van der Waals surface area contributed by atoms with Gasteiger partial charge in [-0.25, -0.2) is 4.98 Å². The van der Waals surface area contributed by atoms with Gasteiger partial charge in [-0.3, -0.25) is 0 Å². The summed E-state index contributed by atoms with van der Waals surface area (Å²) in [6, 6.07) is 8.16. The van der Waals surface area contributed by atoms with Crippen molar-refractivity contribution in [1.29, 1.82) is 0 Å². The Morgan fingerprint density at radius 3 is 2.75 bits per heavy atom. The van der Waals surface area contributed by atoms with E-state index in [0.29, 0.717) is 5.82 Å². The van der Waals surface area contributed by atoms with E-state index in [4.69, 9.17) is 5.73 Å². The van der Waals surface area contributed by atoms with Gasteiger partial charge in [-0.05, 0) is 28.1 Å². The van der Waals surface area contributed by atoms with E-state index in [1.807, 2.05) is 25.2 Å². The summed E-state index contributed by atoms with van der Waals surface area (Å²) in [5.74, 6) is 0.572. The third-order valence-electron chi connectivity index (χ3n) is 2.90. The Balaban J connectivity index is 2.70. The van der Waals surface area contributed by atoms with Gasteiger partial charge in [0.05, 0.1) is 11.0 Å². The van der Waals surface area contributed by atoms with Crippen LogP contribution in [-0.4, -0.2) is 9.55 Å². The number of aromatic nitrogens is 2. The van der Waals surface area contributed by atoms with Crippen molar-refractivity contribution in [2.75, 3.05) is 5.73 Å². The summed E-state index contributed by atoms with van der Waals surface area (Å²) in [6.45, 7) is 0. The van der Waals surface area contributed by atoms with Crippen molar-refractivity contribution in [1.82, 2.24) is 9.55 Å². The Morgan fingerprint density at radius 1 is 1.19 bits per heavy atom. The van der Waals surface area contributed by atoms with Gasteiger partial charge in [-0.15, -0.1) is 0 Å². The number of hydrogen-bond donors (Lipinski definition) is 1. The van der Waals surface area contributed by atoms with E-state index < -0.39 is 0 Å². The zero-order valence-corrected chi connectivity index (χ0v) is 10.3. The lowest BCUT2D eigenvalue weighted by molar-refractivity contribution is 1.01. The van der Waals surface area contributed by atoms with Crippen LogP contribution in [0.3, 0.4) is 0 Å². The minimum Gasteiger partial charge on any atom is -0.382 e. The fourth-order valence-electron chi connectivity index (χ4n) is 2.23. The molecule has 0 aliphatic rings. The van der Waals surface area contributed by atoms with E-state index in [-0.39, 0.29) is 0 Å². The summed E-state index contributed by atoms with van der Waals surface area (Å²) in [5, 5.41) is 2.34. The Kier molecular flexibility index (Phi) is 1.94. The van der Waals surface area contributed by atoms with E-state index >= 15 is 0 Å². The van der Waals surface area contributed by atoms with Gasteiger partial charge < -0.3 is 10.3 Å². The van der Waals surface area contributed by atoms with Gasteiger partial charge in [-0.1, -0.05) is 12.1 Å². The second kappa shape index (κ2) is 3.22. The first-order valence-electron chi connectivity index (χ1n) is 4.97. The molecule has 3 nitrogen and oxygen atoms in total. The molecule has 0 bridgehead atoms. The molecular weight excluding hydrogens is 266 g/mol. The van der Waals surface area contributed by atoms with Crippen molar-refractivity contribution in [2.45, 2.75) is 0 Å². The Hall–Kier alpha value is -1.55. The van der Waals surface area contributed by atoms with Crippen LogP contribution in [0.4, 0.5) is 5.82 Å². The number of nitrogens with zero attached hydrogens (tertiary/aromatic N) is 2. The summed E-state index contributed by atoms with van der Waals surface area (Å²) in [7, 11) is 2.01. The van der Waals surface area contributed by atoms with E-state index in [9.17, 15) is 0 Å². The Bertz CT molecular complexity index is 641. The second-order valence-corrected chi connectivity index (χ2v) is 4.64. The zero-order chi connectivity index (χ0) is 11.3. The molecule has 0 amide bonds. The summed E-state index contributed by atoms with van der Waals surface area (Å²) in [5.41, 5.74) is 8.06. The summed E-state index contributed by atoms with van der Waals surface area (Å²) >= 11 is 3.57. The lowest BCUT2D eigenvalue weighted by atomic mass is 10.2. The van der Waals surface area contributed by atoms with Crippen molar-refractivity contribution in [3.8, 4) is 0 Å². The number of benzene rings is 1. The SMILES string of the molecule is Cn1c2c(Br)cccc2c2ccnc(N)c21. The van der Waals surface area contributed by atoms with E-state index in [2.05, 4.69) is 31.5 Å². The maximum atomic E-state index is 5.92. The highest BCUT2D eigenvalue weighted by atomic mass is 79.9. The van der Waals surface area contributed by atoms with Gasteiger partial charge in [0.2, 0.25) is 0 Å². The molecule has 3 aromatic rings. The van der Waals surface area contributed by atoms with E-state index in [0.717, 1.165) is 20.9 Å². The van der Waals surface area contributed by atoms with Crippen LogP contribution in [0.25, 0.3) is 21.8 Å². The molecule has 1 aromatic carbocycles. The average molecular weight is 276 g/mol. The summed E-state index contributed by atoms with van der Waals surface area (Å²) in [4.78, 5) is 4.13. The largest absolute Gasteiger partial charge is 0.382 e. The first kappa shape index (κ1) is 9.66. The fraction of sp³-hybridized carbons (Fsp3) is 0.0833. The van der Waals surface area contributed by atoms with Crippen LogP contribution >= 0.6 is 15.9 Å². The lowest BCUT2D eigenvalue weighted by Gasteiger charge is -2.01. The number of nitrogens with two attached hydrogens (primary N) is 1. The van der Waals surface area contributed by atoms with Crippen LogP contribution in [0.5, 0.6) is 0 Å². The average Bonchev–Trinajstić information content (AvgIpc) is 2.56. The van der Waals surface area contributed by atoms with E-state index in [1.54, 1.807) is 6.20 Å². The highest BCUT2D eigenvalue weighted by Gasteiger charge is 2.12. The molecule has 0 atom stereocenters. The van der Waals surface area contributed by atoms with Crippen LogP contribution < -0.4 is 5.73 Å². The van der Waals surface area contributed by atoms with Gasteiger partial charge in [-0.2, -0.15) is 0 Å². The molecule has 3 rings (SSSR count). The third kappa shape index (κ3) is 1.10. The predicted octanol–water partition coefficient (Wildman–Crippen LogP) is 3.07. The predicted molar refractivity (Wildman–Crippen MR) is 70.3 cm³/mol. The van der Waals surface area contributed by atoms with Gasteiger partial charge in [0.15, 0.2) is 0 Å². The van der Waals surface area contributed by atoms with Crippen LogP contribution in [0.2, 0.25) is 0 Å². The number of halogens is 1. The molecule has 0 saturated carbocycles. The minimum atomic E-state index is 0.572. The molecule has 4 heteroatoms. The molecular formula is C12H10BrN3. The molecule has 0 aliphatic carbocycles. The number of rotatable bonds is 0. The molecule has 2 N–H and O–H groups in total. The first-order valence-corrected chi connectivity index (χ1v) is 5.76. The Morgan fingerprint density at radius 2 is 1.94 bits per heavy atom. The van der Waals surface area contributed by atoms with Crippen molar-refractivity contribution in [3.05, 3.63) is 34.9 Å². The fourth-order valence-corrected chi connectivity index (χ4v) is 2.86. The highest BCUT2D eigenvalue weighted by Crippen LogP contribution is 2.34. The standard InChI is InChI=1S/C12H10BrN3/c1-16-10-7(3-2-4-9(10)13)8-5-6-15-12(14)11(8)16/h2-6H,1H3,(H2,14,15). The molecule has 0 unspecified atom stereocenters. The van der Waals surface area contributed by atoms with Crippen molar-refractivity contribution < 1.29 is 0 Å². The van der Waals surface area contributed by atoms with Crippen molar-refractivity contribution in [3.63, 3.8) is 0 Å². The maximum Gasteiger partial charge on any atom is 0.147 e. The number of pyridine rings is 1. The number of aryl methyl sites for hydroxylation is 1. The number of nitrogen functional groups attached to an aromatic ring is 1. The molecule has 16 heavy (non-hydrogen) atoms. The van der Waals surface area contributed by atoms with Crippen LogP contribution in [0.1, 0.15) is 0 Å². The van der Waals surface area contributed by atoms with Crippen molar-refractivity contribution >= 4 is 43.6 Å². The van der Waals surface area contributed by atoms with Crippen LogP contribution in [0, 0.1) is 0 Å². The topological polar surface area (TPSA) is 43.8 Å². The minimum absolute atomic E-state index is 0.572. The van der Waals surface area contributed by atoms with Crippen LogP contribution in [0.15, 0.2) is 34.9 Å². The van der Waals surface area contributed by atoms with Crippen LogP contribution in [-0.2, 0) is 7.05 Å². The molecule has 2 aromatic heterocycles. The maximum absolute atomic E-state index is 5.92. The molecule has 0 spiro atoms. The summed E-state index contributed by atoms with van der Waals surface area (Å²) in [6.07, 6.45) is 1.75. The number of anilines is 1. The van der Waals surface area contributed by atoms with Gasteiger partial charge in [0, 0.05) is 28.5 Å². The smallest absolute Gasteiger partial charge is 0.147 e. The quantitative estimate of drug-likeness (QED) is 0.685. The molecule has 0 radical (unpaired) electrons. The number of para-hydroxylation sites is 1. The van der Waals surface area contributed by atoms with Gasteiger partial charge in [0.25, 0.3) is 0 Å². The van der Waals surface area contributed by atoms with E-state index in [1.165, 1.54) is 5.39 Å². The molecule has 0 fully saturated rings. The monoisotopic (exact) mass is 275 g/mol. The second-order valence-electron chi connectivity index (χ2n) is 3.79. The zero-order valence-electron chi connectivity index (χ0n) is 8.74. The first-order chi connectivity index (χ1) is 7.70. The third-order valence-corrected chi connectivity index (χ3v) is 3.54. The highest BCUT2D eigenvalue weighted by molar-refractivity contribution is 9.10.